The average molecular weight is 203 g/mol. The molecule has 0 aliphatic rings. The van der Waals surface area contributed by atoms with Crippen LogP contribution in [-0.2, 0) is 6.42 Å². The first-order chi connectivity index (χ1) is 7.15. The maximum absolute atomic E-state index is 11.8. The lowest BCUT2D eigenvalue weighted by Crippen LogP contribution is -2.07. The Morgan fingerprint density at radius 2 is 2.00 bits per heavy atom. The number of benzene rings is 1. The largest absolute Gasteiger partial charge is 0.330 e. The standard InChI is InChI=1S/C13H17NO/c1-10(2)9-13(15)12-6-4-3-5-11(12)7-8-14/h3-6,9H,7-8,14H2,1-2H3. The van der Waals surface area contributed by atoms with E-state index in [4.69, 9.17) is 5.73 Å². The van der Waals surface area contributed by atoms with E-state index in [9.17, 15) is 4.79 Å². The van der Waals surface area contributed by atoms with Crippen LogP contribution in [0.1, 0.15) is 29.8 Å². The number of nitrogens with two attached hydrogens (primary N) is 1. The minimum atomic E-state index is 0.0686. The first-order valence-electron chi connectivity index (χ1n) is 5.12. The summed E-state index contributed by atoms with van der Waals surface area (Å²) in [6.45, 7) is 4.41. The van der Waals surface area contributed by atoms with Crippen molar-refractivity contribution in [2.75, 3.05) is 6.54 Å². The van der Waals surface area contributed by atoms with Crippen LogP contribution < -0.4 is 5.73 Å². The van der Waals surface area contributed by atoms with Crippen LogP contribution in [0.15, 0.2) is 35.9 Å². The lowest BCUT2D eigenvalue weighted by Gasteiger charge is -2.05. The zero-order chi connectivity index (χ0) is 11.3. The molecule has 0 aliphatic heterocycles. The molecule has 2 heteroatoms. The molecular weight excluding hydrogens is 186 g/mol. The van der Waals surface area contributed by atoms with Gasteiger partial charge in [-0.1, -0.05) is 29.8 Å². The van der Waals surface area contributed by atoms with Gasteiger partial charge in [-0.25, -0.2) is 0 Å². The maximum atomic E-state index is 11.8. The molecule has 1 rings (SSSR count). The van der Waals surface area contributed by atoms with E-state index in [1.165, 1.54) is 0 Å². The van der Waals surface area contributed by atoms with E-state index in [1.54, 1.807) is 6.08 Å². The van der Waals surface area contributed by atoms with Gasteiger partial charge in [0.2, 0.25) is 0 Å². The summed E-state index contributed by atoms with van der Waals surface area (Å²) in [5.41, 5.74) is 8.32. The van der Waals surface area contributed by atoms with E-state index < -0.39 is 0 Å². The lowest BCUT2D eigenvalue weighted by molar-refractivity contribution is 0.104. The van der Waals surface area contributed by atoms with Crippen molar-refractivity contribution in [1.29, 1.82) is 0 Å². The number of ketones is 1. The molecule has 0 amide bonds. The van der Waals surface area contributed by atoms with E-state index in [-0.39, 0.29) is 5.78 Å². The first-order valence-corrected chi connectivity index (χ1v) is 5.12. The van der Waals surface area contributed by atoms with Crippen LogP contribution in [0.2, 0.25) is 0 Å². The Bertz CT molecular complexity index is 376. The summed E-state index contributed by atoms with van der Waals surface area (Å²) in [6.07, 6.45) is 2.41. The van der Waals surface area contributed by atoms with Crippen molar-refractivity contribution in [3.8, 4) is 0 Å². The van der Waals surface area contributed by atoms with Gasteiger partial charge in [-0.2, -0.15) is 0 Å². The highest BCUT2D eigenvalue weighted by atomic mass is 16.1. The Morgan fingerprint density at radius 1 is 1.33 bits per heavy atom. The van der Waals surface area contributed by atoms with Gasteiger partial charge < -0.3 is 5.73 Å². The molecular formula is C13H17NO. The third-order valence-corrected chi connectivity index (χ3v) is 2.12. The molecule has 2 nitrogen and oxygen atoms in total. The van der Waals surface area contributed by atoms with E-state index >= 15 is 0 Å². The van der Waals surface area contributed by atoms with Crippen LogP contribution in [0.3, 0.4) is 0 Å². The summed E-state index contributed by atoms with van der Waals surface area (Å²) >= 11 is 0. The molecule has 0 unspecified atom stereocenters. The smallest absolute Gasteiger partial charge is 0.186 e. The lowest BCUT2D eigenvalue weighted by atomic mass is 10.00. The van der Waals surface area contributed by atoms with Gasteiger partial charge in [-0.3, -0.25) is 4.79 Å². The number of allylic oxidation sites excluding steroid dienone is 2. The molecule has 2 N–H and O–H groups in total. The topological polar surface area (TPSA) is 43.1 Å². The predicted octanol–water partition coefficient (Wildman–Crippen LogP) is 2.34. The van der Waals surface area contributed by atoms with Crippen molar-refractivity contribution in [3.63, 3.8) is 0 Å². The second-order valence-corrected chi connectivity index (χ2v) is 3.78. The summed E-state index contributed by atoms with van der Waals surface area (Å²) in [5.74, 6) is 0.0686. The third kappa shape index (κ3) is 3.33. The van der Waals surface area contributed by atoms with Gasteiger partial charge in [0.15, 0.2) is 5.78 Å². The van der Waals surface area contributed by atoms with Crippen molar-refractivity contribution < 1.29 is 4.79 Å². The number of hydrogen-bond acceptors (Lipinski definition) is 2. The van der Waals surface area contributed by atoms with Crippen molar-refractivity contribution in [2.45, 2.75) is 20.3 Å². The molecule has 1 aromatic carbocycles. The van der Waals surface area contributed by atoms with Crippen LogP contribution >= 0.6 is 0 Å². The van der Waals surface area contributed by atoms with Crippen molar-refractivity contribution in [3.05, 3.63) is 47.0 Å². The highest BCUT2D eigenvalue weighted by molar-refractivity contribution is 6.05. The molecule has 0 fully saturated rings. The Kier molecular flexibility index (Phi) is 4.25. The van der Waals surface area contributed by atoms with Crippen LogP contribution in [0.5, 0.6) is 0 Å². The fourth-order valence-corrected chi connectivity index (χ4v) is 1.47. The molecule has 0 heterocycles. The van der Waals surface area contributed by atoms with E-state index in [1.807, 2.05) is 38.1 Å². The van der Waals surface area contributed by atoms with Crippen molar-refractivity contribution in [1.82, 2.24) is 0 Å². The van der Waals surface area contributed by atoms with E-state index in [0.717, 1.165) is 23.1 Å². The van der Waals surface area contributed by atoms with E-state index in [0.29, 0.717) is 6.54 Å². The zero-order valence-electron chi connectivity index (χ0n) is 9.29. The Hall–Kier alpha value is -1.41. The van der Waals surface area contributed by atoms with Crippen molar-refractivity contribution >= 4 is 5.78 Å². The molecule has 15 heavy (non-hydrogen) atoms. The summed E-state index contributed by atoms with van der Waals surface area (Å²) in [5, 5.41) is 0. The average Bonchev–Trinajstić information content (AvgIpc) is 2.18. The third-order valence-electron chi connectivity index (χ3n) is 2.12. The molecule has 0 saturated carbocycles. The normalized spacial score (nSPS) is 9.80. The molecule has 0 saturated heterocycles. The Balaban J connectivity index is 3.02. The number of carbonyl (C=O) groups is 1. The first kappa shape index (κ1) is 11.7. The number of hydrogen-bond donors (Lipinski definition) is 1. The fourth-order valence-electron chi connectivity index (χ4n) is 1.47. The minimum absolute atomic E-state index is 0.0686. The van der Waals surface area contributed by atoms with Gasteiger partial charge in [-0.05, 0) is 38.5 Å². The molecule has 80 valence electrons. The molecule has 0 aromatic heterocycles. The molecule has 1 aromatic rings. The Morgan fingerprint density at radius 3 is 2.60 bits per heavy atom. The van der Waals surface area contributed by atoms with Gasteiger partial charge in [0, 0.05) is 5.56 Å². The summed E-state index contributed by atoms with van der Waals surface area (Å²) in [7, 11) is 0. The van der Waals surface area contributed by atoms with Crippen LogP contribution in [-0.4, -0.2) is 12.3 Å². The van der Waals surface area contributed by atoms with Gasteiger partial charge in [-0.15, -0.1) is 0 Å². The summed E-state index contributed by atoms with van der Waals surface area (Å²) < 4.78 is 0. The van der Waals surface area contributed by atoms with Gasteiger partial charge in [0.05, 0.1) is 0 Å². The molecule has 0 radical (unpaired) electrons. The van der Waals surface area contributed by atoms with Gasteiger partial charge >= 0.3 is 0 Å². The van der Waals surface area contributed by atoms with Gasteiger partial charge in [0.25, 0.3) is 0 Å². The zero-order valence-corrected chi connectivity index (χ0v) is 9.29. The molecule has 0 atom stereocenters. The second kappa shape index (κ2) is 5.47. The maximum Gasteiger partial charge on any atom is 0.186 e. The summed E-state index contributed by atoms with van der Waals surface area (Å²) in [4.78, 5) is 11.8. The number of rotatable bonds is 4. The van der Waals surface area contributed by atoms with Crippen LogP contribution in [0.25, 0.3) is 0 Å². The Labute approximate surface area is 90.8 Å². The highest BCUT2D eigenvalue weighted by Gasteiger charge is 2.07. The summed E-state index contributed by atoms with van der Waals surface area (Å²) in [6, 6.07) is 7.63. The van der Waals surface area contributed by atoms with Crippen LogP contribution in [0.4, 0.5) is 0 Å². The quantitative estimate of drug-likeness (QED) is 0.603. The minimum Gasteiger partial charge on any atom is -0.330 e. The highest BCUT2D eigenvalue weighted by Crippen LogP contribution is 2.11. The fraction of sp³-hybridized carbons (Fsp3) is 0.308. The van der Waals surface area contributed by atoms with Crippen molar-refractivity contribution in [2.24, 2.45) is 5.73 Å². The second-order valence-electron chi connectivity index (χ2n) is 3.78. The van der Waals surface area contributed by atoms with Crippen LogP contribution in [0, 0.1) is 0 Å². The number of carbonyl (C=O) groups excluding carboxylic acids is 1. The van der Waals surface area contributed by atoms with Gasteiger partial charge in [0.1, 0.15) is 0 Å². The predicted molar refractivity (Wildman–Crippen MR) is 63.0 cm³/mol. The van der Waals surface area contributed by atoms with E-state index in [2.05, 4.69) is 0 Å². The molecule has 0 aliphatic carbocycles. The SMILES string of the molecule is CC(C)=CC(=O)c1ccccc1CCN. The monoisotopic (exact) mass is 203 g/mol. The molecule has 0 bridgehead atoms. The molecule has 0 spiro atoms.